The van der Waals surface area contributed by atoms with Crippen LogP contribution >= 0.6 is 0 Å². The lowest BCUT2D eigenvalue weighted by Crippen LogP contribution is -2.10. The number of ketones is 1. The molecule has 0 radical (unpaired) electrons. The number of allylic oxidation sites excluding steroid dienone is 2. The van der Waals surface area contributed by atoms with Gasteiger partial charge in [-0.25, -0.2) is 0 Å². The average molecular weight is 280 g/mol. The second-order valence-electron chi connectivity index (χ2n) is 4.94. The van der Waals surface area contributed by atoms with Gasteiger partial charge in [0.2, 0.25) is 5.78 Å². The van der Waals surface area contributed by atoms with Gasteiger partial charge in [0, 0.05) is 28.2 Å². The summed E-state index contributed by atoms with van der Waals surface area (Å²) in [6, 6.07) is 14.9. The first kappa shape index (κ1) is 13.4. The highest BCUT2D eigenvalue weighted by Crippen LogP contribution is 2.29. The van der Waals surface area contributed by atoms with Crippen LogP contribution < -0.4 is 10.6 Å². The first-order chi connectivity index (χ1) is 10.2. The van der Waals surface area contributed by atoms with Crippen LogP contribution in [0.5, 0.6) is 0 Å². The monoisotopic (exact) mass is 280 g/mol. The number of carbonyl (C=O) groups is 1. The van der Waals surface area contributed by atoms with Gasteiger partial charge in [-0.3, -0.25) is 4.79 Å². The molecule has 0 atom stereocenters. The van der Waals surface area contributed by atoms with Gasteiger partial charge < -0.3 is 15.7 Å². The number of nitrogens with one attached hydrogen (secondary N) is 2. The number of hydrogen-bond acceptors (Lipinski definition) is 4. The van der Waals surface area contributed by atoms with E-state index in [1.54, 1.807) is 0 Å². The van der Waals surface area contributed by atoms with Crippen molar-refractivity contribution in [2.75, 3.05) is 10.6 Å². The number of Topliss-reactive ketones (excluding diaryl/α,β-unsaturated/α-hetero) is 1. The fourth-order valence-electron chi connectivity index (χ4n) is 2.42. The van der Waals surface area contributed by atoms with Gasteiger partial charge in [0.15, 0.2) is 0 Å². The molecule has 106 valence electrons. The normalized spacial score (nSPS) is 15.4. The SMILES string of the molecule is C/C(Nc1ccccc1CO)=C1\Nc2ccccc2C1=O. The second kappa shape index (κ2) is 5.42. The molecule has 0 spiro atoms. The minimum Gasteiger partial charge on any atom is -0.392 e. The van der Waals surface area contributed by atoms with Crippen LogP contribution in [-0.4, -0.2) is 10.9 Å². The fraction of sp³-hybridized carbons (Fsp3) is 0.118. The average Bonchev–Trinajstić information content (AvgIpc) is 2.85. The Morgan fingerprint density at radius 3 is 2.62 bits per heavy atom. The number of para-hydroxylation sites is 2. The molecule has 2 aromatic carbocycles. The van der Waals surface area contributed by atoms with E-state index >= 15 is 0 Å². The third-order valence-corrected chi connectivity index (χ3v) is 3.54. The second-order valence-corrected chi connectivity index (χ2v) is 4.94. The molecule has 0 amide bonds. The topological polar surface area (TPSA) is 61.4 Å². The van der Waals surface area contributed by atoms with E-state index in [0.29, 0.717) is 11.3 Å². The summed E-state index contributed by atoms with van der Waals surface area (Å²) in [6.45, 7) is 1.80. The van der Waals surface area contributed by atoms with Crippen molar-refractivity contribution >= 4 is 17.2 Å². The highest BCUT2D eigenvalue weighted by atomic mass is 16.3. The van der Waals surface area contributed by atoms with Crippen molar-refractivity contribution in [3.05, 3.63) is 71.1 Å². The summed E-state index contributed by atoms with van der Waals surface area (Å²) in [5.41, 5.74) is 4.38. The number of aliphatic hydroxyl groups excluding tert-OH is 1. The number of fused-ring (bicyclic) bond motifs is 1. The molecule has 0 saturated carbocycles. The molecular weight excluding hydrogens is 264 g/mol. The van der Waals surface area contributed by atoms with Crippen LogP contribution in [0.4, 0.5) is 11.4 Å². The molecule has 1 aliphatic heterocycles. The van der Waals surface area contributed by atoms with Gasteiger partial charge in [0.1, 0.15) is 5.70 Å². The maximum absolute atomic E-state index is 12.4. The molecule has 0 unspecified atom stereocenters. The molecule has 2 aromatic rings. The Bertz CT molecular complexity index is 735. The molecule has 21 heavy (non-hydrogen) atoms. The molecule has 0 bridgehead atoms. The lowest BCUT2D eigenvalue weighted by molar-refractivity contribution is 0.104. The van der Waals surface area contributed by atoms with Gasteiger partial charge in [0.25, 0.3) is 0 Å². The fourth-order valence-corrected chi connectivity index (χ4v) is 2.42. The van der Waals surface area contributed by atoms with Crippen molar-refractivity contribution in [2.24, 2.45) is 0 Å². The van der Waals surface area contributed by atoms with Crippen molar-refractivity contribution < 1.29 is 9.90 Å². The molecule has 3 rings (SSSR count). The number of anilines is 2. The summed E-state index contributed by atoms with van der Waals surface area (Å²) < 4.78 is 0. The predicted octanol–water partition coefficient (Wildman–Crippen LogP) is 3.13. The van der Waals surface area contributed by atoms with Crippen LogP contribution in [0, 0.1) is 0 Å². The van der Waals surface area contributed by atoms with Crippen molar-refractivity contribution in [1.82, 2.24) is 0 Å². The Morgan fingerprint density at radius 1 is 1.14 bits per heavy atom. The number of hydrogen-bond donors (Lipinski definition) is 3. The first-order valence-corrected chi connectivity index (χ1v) is 6.78. The van der Waals surface area contributed by atoms with Gasteiger partial charge in [-0.2, -0.15) is 0 Å². The van der Waals surface area contributed by atoms with E-state index in [9.17, 15) is 9.90 Å². The maximum atomic E-state index is 12.4. The van der Waals surface area contributed by atoms with Crippen molar-refractivity contribution in [1.29, 1.82) is 0 Å². The highest BCUT2D eigenvalue weighted by molar-refractivity contribution is 6.18. The lowest BCUT2D eigenvalue weighted by atomic mass is 10.1. The zero-order chi connectivity index (χ0) is 14.8. The first-order valence-electron chi connectivity index (χ1n) is 6.78. The Hall–Kier alpha value is -2.59. The molecule has 1 heterocycles. The Kier molecular flexibility index (Phi) is 3.46. The van der Waals surface area contributed by atoms with Crippen molar-refractivity contribution in [2.45, 2.75) is 13.5 Å². The molecule has 4 heteroatoms. The van der Waals surface area contributed by atoms with E-state index in [-0.39, 0.29) is 12.4 Å². The van der Waals surface area contributed by atoms with Crippen LogP contribution in [0.15, 0.2) is 59.9 Å². The van der Waals surface area contributed by atoms with Crippen LogP contribution in [0.3, 0.4) is 0 Å². The Balaban J connectivity index is 1.92. The highest BCUT2D eigenvalue weighted by Gasteiger charge is 2.25. The minimum atomic E-state index is -0.0482. The molecule has 1 aliphatic rings. The minimum absolute atomic E-state index is 0.0166. The van der Waals surface area contributed by atoms with E-state index in [2.05, 4.69) is 10.6 Å². The summed E-state index contributed by atoms with van der Waals surface area (Å²) >= 11 is 0. The van der Waals surface area contributed by atoms with E-state index < -0.39 is 0 Å². The molecule has 4 nitrogen and oxygen atoms in total. The van der Waals surface area contributed by atoms with Crippen LogP contribution in [0.25, 0.3) is 0 Å². The van der Waals surface area contributed by atoms with E-state index in [4.69, 9.17) is 0 Å². The molecule has 0 aromatic heterocycles. The molecule has 0 aliphatic carbocycles. The van der Waals surface area contributed by atoms with Crippen molar-refractivity contribution in [3.63, 3.8) is 0 Å². The summed E-state index contributed by atoms with van der Waals surface area (Å²) in [5.74, 6) is -0.0166. The van der Waals surface area contributed by atoms with E-state index in [1.807, 2.05) is 55.5 Å². The van der Waals surface area contributed by atoms with Crippen LogP contribution in [-0.2, 0) is 6.61 Å². The van der Waals surface area contributed by atoms with Crippen LogP contribution in [0.1, 0.15) is 22.8 Å². The number of aliphatic hydroxyl groups is 1. The molecule has 0 saturated heterocycles. The number of benzene rings is 2. The molecular formula is C17H16N2O2. The van der Waals surface area contributed by atoms with Gasteiger partial charge in [-0.05, 0) is 25.1 Å². The van der Waals surface area contributed by atoms with Crippen molar-refractivity contribution in [3.8, 4) is 0 Å². The lowest BCUT2D eigenvalue weighted by Gasteiger charge is -2.12. The van der Waals surface area contributed by atoms with E-state index in [1.165, 1.54) is 0 Å². The largest absolute Gasteiger partial charge is 0.392 e. The predicted molar refractivity (Wildman–Crippen MR) is 83.1 cm³/mol. The van der Waals surface area contributed by atoms with E-state index in [0.717, 1.165) is 22.6 Å². The quantitative estimate of drug-likeness (QED) is 0.756. The van der Waals surface area contributed by atoms with Gasteiger partial charge in [-0.15, -0.1) is 0 Å². The summed E-state index contributed by atoms with van der Waals surface area (Å²) in [4.78, 5) is 12.4. The smallest absolute Gasteiger partial charge is 0.213 e. The third-order valence-electron chi connectivity index (χ3n) is 3.54. The molecule has 3 N–H and O–H groups in total. The zero-order valence-electron chi connectivity index (χ0n) is 11.7. The standard InChI is InChI=1S/C17H16N2O2/c1-11(18-14-8-4-2-6-12(14)10-20)16-17(21)13-7-3-5-9-15(13)19-16/h2-9,18-20H,10H2,1H3/b16-11+. The summed E-state index contributed by atoms with van der Waals surface area (Å²) in [5, 5.41) is 15.7. The number of carbonyl (C=O) groups excluding carboxylic acids is 1. The van der Waals surface area contributed by atoms with Gasteiger partial charge in [-0.1, -0.05) is 30.3 Å². The number of rotatable bonds is 3. The van der Waals surface area contributed by atoms with Crippen LogP contribution in [0.2, 0.25) is 0 Å². The maximum Gasteiger partial charge on any atom is 0.213 e. The third kappa shape index (κ3) is 2.41. The van der Waals surface area contributed by atoms with Gasteiger partial charge in [0.05, 0.1) is 6.61 Å². The summed E-state index contributed by atoms with van der Waals surface area (Å²) in [6.07, 6.45) is 0. The Labute approximate surface area is 123 Å². The van der Waals surface area contributed by atoms with Gasteiger partial charge >= 0.3 is 0 Å². The molecule has 0 fully saturated rings. The summed E-state index contributed by atoms with van der Waals surface area (Å²) in [7, 11) is 0. The Morgan fingerprint density at radius 2 is 1.86 bits per heavy atom. The zero-order valence-corrected chi connectivity index (χ0v) is 11.7.